The van der Waals surface area contributed by atoms with Gasteiger partial charge in [0.1, 0.15) is 23.9 Å². The summed E-state index contributed by atoms with van der Waals surface area (Å²) in [5, 5.41) is 11.0. The predicted molar refractivity (Wildman–Crippen MR) is 108 cm³/mol. The Morgan fingerprint density at radius 1 is 1.28 bits per heavy atom. The Balaban J connectivity index is 1.63. The number of hydrogen-bond donors (Lipinski definition) is 1. The number of halogens is 1. The summed E-state index contributed by atoms with van der Waals surface area (Å²) < 4.78 is 24.6. The molecule has 0 unspecified atom stereocenters. The molecule has 4 nitrogen and oxygen atoms in total. The van der Waals surface area contributed by atoms with Gasteiger partial charge < -0.3 is 14.3 Å². The highest BCUT2D eigenvalue weighted by molar-refractivity contribution is 5.45. The fourth-order valence-corrected chi connectivity index (χ4v) is 3.99. The van der Waals surface area contributed by atoms with Crippen molar-refractivity contribution in [2.75, 3.05) is 0 Å². The number of aromatic hydroxyl groups is 1. The molecule has 1 aliphatic carbocycles. The van der Waals surface area contributed by atoms with Crippen LogP contribution in [0.1, 0.15) is 55.2 Å². The van der Waals surface area contributed by atoms with Gasteiger partial charge in [0.05, 0.1) is 11.8 Å². The third-order valence-corrected chi connectivity index (χ3v) is 5.72. The van der Waals surface area contributed by atoms with E-state index >= 15 is 0 Å². The number of allylic oxidation sites excluding steroid dienone is 2. The molecule has 1 saturated carbocycles. The van der Waals surface area contributed by atoms with E-state index in [1.807, 2.05) is 6.08 Å². The van der Waals surface area contributed by atoms with Gasteiger partial charge in [-0.25, -0.2) is 9.18 Å². The zero-order valence-electron chi connectivity index (χ0n) is 16.4. The van der Waals surface area contributed by atoms with Gasteiger partial charge in [-0.05, 0) is 73.4 Å². The van der Waals surface area contributed by atoms with Crippen molar-refractivity contribution in [3.63, 3.8) is 0 Å². The average molecular weight is 396 g/mol. The Kier molecular flexibility index (Phi) is 5.56. The zero-order chi connectivity index (χ0) is 20.4. The van der Waals surface area contributed by atoms with Crippen molar-refractivity contribution >= 4 is 0 Å². The van der Waals surface area contributed by atoms with Gasteiger partial charge in [-0.3, -0.25) is 0 Å². The second kappa shape index (κ2) is 8.27. The molecule has 0 amide bonds. The van der Waals surface area contributed by atoms with E-state index in [4.69, 9.17) is 9.15 Å². The van der Waals surface area contributed by atoms with E-state index in [9.17, 15) is 14.3 Å². The van der Waals surface area contributed by atoms with Crippen LogP contribution < -0.4 is 5.63 Å². The summed E-state index contributed by atoms with van der Waals surface area (Å²) in [4.78, 5) is 12.6. The van der Waals surface area contributed by atoms with Crippen molar-refractivity contribution in [3.05, 3.63) is 87.4 Å². The molecule has 0 radical (unpaired) electrons. The summed E-state index contributed by atoms with van der Waals surface area (Å²) in [5.41, 5.74) is 2.12. The lowest BCUT2D eigenvalue weighted by molar-refractivity contribution is 0.177. The fourth-order valence-electron chi connectivity index (χ4n) is 3.99. The first-order valence-corrected chi connectivity index (χ1v) is 10.2. The lowest BCUT2D eigenvalue weighted by Crippen LogP contribution is -2.17. The van der Waals surface area contributed by atoms with Crippen LogP contribution in [0.4, 0.5) is 4.39 Å². The molecule has 1 aromatic carbocycles. The molecule has 1 fully saturated rings. The van der Waals surface area contributed by atoms with Crippen LogP contribution in [0.5, 0.6) is 5.75 Å². The molecule has 0 bridgehead atoms. The smallest absolute Gasteiger partial charge is 0.343 e. The summed E-state index contributed by atoms with van der Waals surface area (Å²) in [6.07, 6.45) is 11.1. The molecule has 1 N–H and O–H groups in total. The molecule has 152 valence electrons. The molecule has 1 aromatic heterocycles. The normalized spacial score (nSPS) is 19.5. The van der Waals surface area contributed by atoms with Crippen LogP contribution in [0.3, 0.4) is 0 Å². The number of ether oxygens (including phenoxy) is 1. The standard InChI is InChI=1S/C24H25FO4/c1-2-20-12-15(10-11-28-20)6-7-18-14-29-24(27)22(23(18)26)21(16-8-9-16)17-4-3-5-19(25)13-17/h3-5,10-14,16,20-21,26H,2,6-9H2,1H3/t20-,21+/m0/s1. The maximum absolute atomic E-state index is 13.8. The quantitative estimate of drug-likeness (QED) is 0.698. The largest absolute Gasteiger partial charge is 0.507 e. The third-order valence-electron chi connectivity index (χ3n) is 5.72. The van der Waals surface area contributed by atoms with E-state index in [2.05, 4.69) is 13.0 Å². The van der Waals surface area contributed by atoms with Gasteiger partial charge in [0, 0.05) is 11.5 Å². The lowest BCUT2D eigenvalue weighted by Gasteiger charge is -2.19. The van der Waals surface area contributed by atoms with Gasteiger partial charge in [-0.15, -0.1) is 0 Å². The summed E-state index contributed by atoms with van der Waals surface area (Å²) in [5.74, 6) is -0.510. The SMILES string of the molecule is CC[C@H]1C=C(CCc2coc(=O)c([C@@H](c3cccc(F)c3)C3CC3)c2O)C=CO1. The van der Waals surface area contributed by atoms with Gasteiger partial charge >= 0.3 is 5.63 Å². The van der Waals surface area contributed by atoms with Crippen molar-refractivity contribution in [2.24, 2.45) is 5.92 Å². The number of aryl methyl sites for hydroxylation is 1. The van der Waals surface area contributed by atoms with Gasteiger partial charge in [-0.2, -0.15) is 0 Å². The lowest BCUT2D eigenvalue weighted by atomic mass is 9.86. The Morgan fingerprint density at radius 3 is 2.83 bits per heavy atom. The molecule has 0 saturated heterocycles. The first-order valence-electron chi connectivity index (χ1n) is 10.2. The summed E-state index contributed by atoms with van der Waals surface area (Å²) in [7, 11) is 0. The number of rotatable bonds is 7. The molecular weight excluding hydrogens is 371 g/mol. The zero-order valence-corrected chi connectivity index (χ0v) is 16.4. The predicted octanol–water partition coefficient (Wildman–Crippen LogP) is 5.21. The highest BCUT2D eigenvalue weighted by Crippen LogP contribution is 2.48. The van der Waals surface area contributed by atoms with E-state index in [0.717, 1.165) is 24.8 Å². The molecule has 5 heteroatoms. The topological polar surface area (TPSA) is 59.7 Å². The Bertz CT molecular complexity index is 1000. The molecule has 29 heavy (non-hydrogen) atoms. The van der Waals surface area contributed by atoms with Crippen LogP contribution in [0.15, 0.2) is 63.7 Å². The fraction of sp³-hybridized carbons (Fsp3) is 0.375. The molecule has 2 aromatic rings. The van der Waals surface area contributed by atoms with Gasteiger partial charge in [0.15, 0.2) is 0 Å². The molecular formula is C24H25FO4. The van der Waals surface area contributed by atoms with Crippen LogP contribution in [0, 0.1) is 11.7 Å². The minimum atomic E-state index is -0.552. The average Bonchev–Trinajstić information content (AvgIpc) is 3.55. The van der Waals surface area contributed by atoms with Gasteiger partial charge in [0.2, 0.25) is 0 Å². The Labute approximate surface area is 169 Å². The van der Waals surface area contributed by atoms with E-state index in [1.165, 1.54) is 18.4 Å². The van der Waals surface area contributed by atoms with Crippen LogP contribution >= 0.6 is 0 Å². The minimum absolute atomic E-state index is 0.0221. The molecule has 0 spiro atoms. The van der Waals surface area contributed by atoms with Crippen molar-refractivity contribution in [2.45, 2.75) is 51.0 Å². The van der Waals surface area contributed by atoms with Crippen LogP contribution in [0.25, 0.3) is 0 Å². The summed E-state index contributed by atoms with van der Waals surface area (Å²) in [6.45, 7) is 2.06. The number of hydrogen-bond acceptors (Lipinski definition) is 4. The molecule has 1 aliphatic heterocycles. The first-order chi connectivity index (χ1) is 14.1. The van der Waals surface area contributed by atoms with Crippen LogP contribution in [-0.2, 0) is 11.2 Å². The van der Waals surface area contributed by atoms with E-state index in [-0.39, 0.29) is 35.1 Å². The Morgan fingerprint density at radius 2 is 2.10 bits per heavy atom. The molecule has 2 aliphatic rings. The van der Waals surface area contributed by atoms with Gasteiger partial charge in [-0.1, -0.05) is 19.1 Å². The monoisotopic (exact) mass is 396 g/mol. The van der Waals surface area contributed by atoms with Gasteiger partial charge in [0.25, 0.3) is 0 Å². The van der Waals surface area contributed by atoms with Crippen molar-refractivity contribution in [1.82, 2.24) is 0 Å². The van der Waals surface area contributed by atoms with E-state index in [0.29, 0.717) is 24.0 Å². The maximum atomic E-state index is 13.8. The first kappa shape index (κ1) is 19.5. The maximum Gasteiger partial charge on any atom is 0.343 e. The van der Waals surface area contributed by atoms with Crippen LogP contribution in [-0.4, -0.2) is 11.2 Å². The number of benzene rings is 1. The van der Waals surface area contributed by atoms with E-state index in [1.54, 1.807) is 18.4 Å². The third kappa shape index (κ3) is 4.29. The highest BCUT2D eigenvalue weighted by atomic mass is 19.1. The van der Waals surface area contributed by atoms with Crippen LogP contribution in [0.2, 0.25) is 0 Å². The summed E-state index contributed by atoms with van der Waals surface area (Å²) >= 11 is 0. The van der Waals surface area contributed by atoms with Crippen molar-refractivity contribution in [3.8, 4) is 5.75 Å². The second-order valence-electron chi connectivity index (χ2n) is 7.81. The summed E-state index contributed by atoms with van der Waals surface area (Å²) in [6, 6.07) is 6.26. The van der Waals surface area contributed by atoms with E-state index < -0.39 is 5.63 Å². The van der Waals surface area contributed by atoms with Crippen molar-refractivity contribution < 1.29 is 18.7 Å². The second-order valence-corrected chi connectivity index (χ2v) is 7.81. The molecule has 4 rings (SSSR count). The highest BCUT2D eigenvalue weighted by Gasteiger charge is 2.37. The Hall–Kier alpha value is -2.82. The molecule has 2 heterocycles. The van der Waals surface area contributed by atoms with Crippen molar-refractivity contribution in [1.29, 1.82) is 0 Å². The minimum Gasteiger partial charge on any atom is -0.507 e. The molecule has 2 atom stereocenters.